The fourth-order valence-electron chi connectivity index (χ4n) is 4.00. The van der Waals surface area contributed by atoms with Crippen molar-refractivity contribution in [3.05, 3.63) is 0 Å². The maximum absolute atomic E-state index is 11.5. The Bertz CT molecular complexity index is 442. The van der Waals surface area contributed by atoms with E-state index in [1.165, 1.54) is 57.8 Å². The summed E-state index contributed by atoms with van der Waals surface area (Å²) in [7, 11) is -4.19. The van der Waals surface area contributed by atoms with Crippen molar-refractivity contribution in [2.45, 2.75) is 154 Å². The van der Waals surface area contributed by atoms with E-state index in [0.29, 0.717) is 12.8 Å². The minimum Gasteiger partial charge on any atom is -0.748 e. The molecule has 0 aliphatic heterocycles. The quantitative estimate of drug-likeness (QED) is 0.151. The minimum absolute atomic E-state index is 0. The van der Waals surface area contributed by atoms with Gasteiger partial charge in [-0.3, -0.25) is 0 Å². The monoisotopic (exact) mass is 456 g/mol. The van der Waals surface area contributed by atoms with Gasteiger partial charge in [0.15, 0.2) is 0 Å². The van der Waals surface area contributed by atoms with Crippen molar-refractivity contribution in [1.82, 2.24) is 0 Å². The van der Waals surface area contributed by atoms with Crippen LogP contribution in [0.1, 0.15) is 142 Å². The van der Waals surface area contributed by atoms with Gasteiger partial charge >= 0.3 is 29.6 Å². The molecule has 0 amide bonds. The van der Waals surface area contributed by atoms with E-state index in [-0.39, 0.29) is 35.7 Å². The van der Waals surface area contributed by atoms with Crippen LogP contribution in [0.3, 0.4) is 0 Å². The van der Waals surface area contributed by atoms with Crippen molar-refractivity contribution in [2.75, 3.05) is 0 Å². The van der Waals surface area contributed by atoms with Crippen LogP contribution in [-0.4, -0.2) is 29.4 Å². The predicted molar refractivity (Wildman–Crippen MR) is 123 cm³/mol. The summed E-state index contributed by atoms with van der Waals surface area (Å²) in [5.41, 5.74) is 0. The van der Waals surface area contributed by atoms with Crippen molar-refractivity contribution in [2.24, 2.45) is 0 Å². The van der Waals surface area contributed by atoms with Crippen LogP contribution < -0.4 is 29.6 Å². The first-order valence-corrected chi connectivity index (χ1v) is 14.0. The zero-order chi connectivity index (χ0) is 21.8. The molecule has 0 saturated carbocycles. The summed E-state index contributed by atoms with van der Waals surface area (Å²) in [6.45, 7) is 4.40. The standard InChI is InChI=1S/C24H50O4S.Na/c1-3-5-7-9-10-11-12-13-17-21-24(29(26,27)28)22-18-14-16-20-23(25)19-15-8-6-4-2;/h23-25H,3-22H2,1-2H3,(H,26,27,28);/q;+1/p-1. The second kappa shape index (κ2) is 23.0. The molecule has 0 heterocycles. The second-order valence-electron chi connectivity index (χ2n) is 8.87. The number of rotatable bonds is 22. The molecule has 2 atom stereocenters. The van der Waals surface area contributed by atoms with E-state index in [4.69, 9.17) is 0 Å². The van der Waals surface area contributed by atoms with Crippen LogP contribution in [0.2, 0.25) is 0 Å². The number of aliphatic hydroxyl groups excluding tert-OH is 1. The van der Waals surface area contributed by atoms with Crippen LogP contribution in [0.4, 0.5) is 0 Å². The van der Waals surface area contributed by atoms with E-state index in [1.54, 1.807) is 0 Å². The Balaban J connectivity index is 0. The van der Waals surface area contributed by atoms with Gasteiger partial charge in [0.1, 0.15) is 0 Å². The maximum Gasteiger partial charge on any atom is 1.00 e. The first-order chi connectivity index (χ1) is 13.9. The van der Waals surface area contributed by atoms with Crippen molar-refractivity contribution in [3.8, 4) is 0 Å². The zero-order valence-electron chi connectivity index (χ0n) is 20.4. The smallest absolute Gasteiger partial charge is 0.748 e. The van der Waals surface area contributed by atoms with Gasteiger partial charge in [0.25, 0.3) is 0 Å². The minimum atomic E-state index is -4.19. The van der Waals surface area contributed by atoms with Gasteiger partial charge < -0.3 is 9.66 Å². The van der Waals surface area contributed by atoms with Crippen LogP contribution in [0, 0.1) is 0 Å². The van der Waals surface area contributed by atoms with Crippen LogP contribution in [0.25, 0.3) is 0 Å². The van der Waals surface area contributed by atoms with Crippen LogP contribution >= 0.6 is 0 Å². The average molecular weight is 457 g/mol. The number of hydrogen-bond acceptors (Lipinski definition) is 4. The molecule has 6 heteroatoms. The molecule has 0 aliphatic carbocycles. The first kappa shape index (κ1) is 33.0. The molecule has 0 aromatic carbocycles. The van der Waals surface area contributed by atoms with E-state index in [2.05, 4.69) is 13.8 Å². The Hall–Kier alpha value is 0.870. The fraction of sp³-hybridized carbons (Fsp3) is 1.00. The van der Waals surface area contributed by atoms with Gasteiger partial charge in [0.2, 0.25) is 0 Å². The number of aliphatic hydroxyl groups is 1. The maximum atomic E-state index is 11.5. The van der Waals surface area contributed by atoms with Crippen molar-refractivity contribution in [3.63, 3.8) is 0 Å². The molecule has 0 spiro atoms. The molecule has 0 radical (unpaired) electrons. The molecule has 4 nitrogen and oxygen atoms in total. The summed E-state index contributed by atoms with van der Waals surface area (Å²) in [5.74, 6) is 0. The first-order valence-electron chi connectivity index (χ1n) is 12.5. The van der Waals surface area contributed by atoms with E-state index < -0.39 is 15.4 Å². The molecular formula is C24H49NaO4S. The van der Waals surface area contributed by atoms with Crippen molar-refractivity contribution < 1.29 is 47.6 Å². The molecule has 0 bridgehead atoms. The van der Waals surface area contributed by atoms with Gasteiger partial charge in [-0.1, -0.05) is 117 Å². The van der Waals surface area contributed by atoms with E-state index in [1.807, 2.05) is 0 Å². The van der Waals surface area contributed by atoms with Crippen molar-refractivity contribution in [1.29, 1.82) is 0 Å². The normalized spacial score (nSPS) is 13.7. The molecule has 0 saturated heterocycles. The summed E-state index contributed by atoms with van der Waals surface area (Å²) in [6, 6.07) is 0. The van der Waals surface area contributed by atoms with Gasteiger partial charge in [-0.25, -0.2) is 8.42 Å². The topological polar surface area (TPSA) is 77.4 Å². The summed E-state index contributed by atoms with van der Waals surface area (Å²) >= 11 is 0. The average Bonchev–Trinajstić information content (AvgIpc) is 2.67. The summed E-state index contributed by atoms with van der Waals surface area (Å²) in [5, 5.41) is 9.27. The molecule has 1 N–H and O–H groups in total. The van der Waals surface area contributed by atoms with Gasteiger partial charge in [0.05, 0.1) is 16.2 Å². The predicted octanol–water partition coefficient (Wildman–Crippen LogP) is 4.11. The molecular weight excluding hydrogens is 407 g/mol. The largest absolute Gasteiger partial charge is 1.00 e. The second-order valence-corrected chi connectivity index (χ2v) is 10.5. The van der Waals surface area contributed by atoms with Gasteiger partial charge in [0, 0.05) is 5.25 Å². The third-order valence-corrected chi connectivity index (χ3v) is 7.28. The molecule has 0 rings (SSSR count). The fourth-order valence-corrected chi connectivity index (χ4v) is 4.91. The van der Waals surface area contributed by atoms with Gasteiger partial charge in [-0.05, 0) is 25.7 Å². The molecule has 176 valence electrons. The van der Waals surface area contributed by atoms with Crippen LogP contribution in [-0.2, 0) is 10.1 Å². The molecule has 2 unspecified atom stereocenters. The molecule has 0 aromatic heterocycles. The third kappa shape index (κ3) is 22.1. The van der Waals surface area contributed by atoms with Crippen LogP contribution in [0.5, 0.6) is 0 Å². The van der Waals surface area contributed by atoms with E-state index in [9.17, 15) is 18.1 Å². The summed E-state index contributed by atoms with van der Waals surface area (Å²) in [6.07, 6.45) is 20.5. The van der Waals surface area contributed by atoms with E-state index >= 15 is 0 Å². The van der Waals surface area contributed by atoms with Crippen molar-refractivity contribution >= 4 is 10.1 Å². The Labute approximate surface area is 210 Å². The molecule has 30 heavy (non-hydrogen) atoms. The van der Waals surface area contributed by atoms with E-state index in [0.717, 1.165) is 57.8 Å². The Kier molecular flexibility index (Phi) is 25.4. The SMILES string of the molecule is CCCCCCCCCCCC(CCCCCC(O)CCCCCC)S(=O)(=O)[O-].[Na+]. The Morgan fingerprint density at radius 3 is 1.30 bits per heavy atom. The van der Waals surface area contributed by atoms with Gasteiger partial charge in [-0.2, -0.15) is 0 Å². The zero-order valence-corrected chi connectivity index (χ0v) is 23.2. The van der Waals surface area contributed by atoms with Gasteiger partial charge in [-0.15, -0.1) is 0 Å². The number of unbranched alkanes of at least 4 members (excludes halogenated alkanes) is 13. The molecule has 0 aromatic rings. The Morgan fingerprint density at radius 2 is 0.900 bits per heavy atom. The molecule has 0 aliphatic rings. The number of hydrogen-bond donors (Lipinski definition) is 1. The summed E-state index contributed by atoms with van der Waals surface area (Å²) in [4.78, 5) is 0. The summed E-state index contributed by atoms with van der Waals surface area (Å²) < 4.78 is 34.6. The third-order valence-electron chi connectivity index (χ3n) is 5.99. The molecule has 0 fully saturated rings. The Morgan fingerprint density at radius 1 is 0.600 bits per heavy atom. The van der Waals surface area contributed by atoms with Crippen LogP contribution in [0.15, 0.2) is 0 Å².